The van der Waals surface area contributed by atoms with Crippen LogP contribution >= 0.6 is 22.9 Å². The maximum atomic E-state index is 6.00. The van der Waals surface area contributed by atoms with Gasteiger partial charge in [0.15, 0.2) is 0 Å². The van der Waals surface area contributed by atoms with E-state index in [1.165, 1.54) is 30.6 Å². The molecule has 2 rings (SSSR count). The Labute approximate surface area is 101 Å². The largest absolute Gasteiger partial charge is 0.312 e. The summed E-state index contributed by atoms with van der Waals surface area (Å²) in [5.41, 5.74) is 0.420. The van der Waals surface area contributed by atoms with E-state index < -0.39 is 0 Å². The van der Waals surface area contributed by atoms with Crippen LogP contribution in [0.15, 0.2) is 12.1 Å². The van der Waals surface area contributed by atoms with Crippen LogP contribution in [0.1, 0.15) is 43.5 Å². The Morgan fingerprint density at radius 2 is 2.07 bits per heavy atom. The molecular weight excluding hydrogens is 226 g/mol. The van der Waals surface area contributed by atoms with E-state index >= 15 is 0 Å². The van der Waals surface area contributed by atoms with Crippen LogP contribution in [0.5, 0.6) is 0 Å². The molecule has 0 spiro atoms. The molecule has 0 radical (unpaired) electrons. The summed E-state index contributed by atoms with van der Waals surface area (Å²) in [6, 6.07) is 4.64. The summed E-state index contributed by atoms with van der Waals surface area (Å²) >= 11 is 7.71. The number of hydrogen-bond acceptors (Lipinski definition) is 2. The lowest BCUT2D eigenvalue weighted by molar-refractivity contribution is 0.237. The highest BCUT2D eigenvalue weighted by Gasteiger charge is 2.37. The van der Waals surface area contributed by atoms with Crippen LogP contribution < -0.4 is 5.32 Å². The molecule has 3 heteroatoms. The summed E-state index contributed by atoms with van der Waals surface area (Å²) in [7, 11) is 2.06. The number of rotatable bonds is 3. The molecule has 1 fully saturated rings. The van der Waals surface area contributed by atoms with Crippen molar-refractivity contribution in [3.8, 4) is 0 Å². The molecule has 1 saturated carbocycles. The third-order valence-electron chi connectivity index (χ3n) is 3.61. The number of hydrogen-bond donors (Lipinski definition) is 1. The number of nitrogens with one attached hydrogen (secondary N) is 1. The molecule has 0 aliphatic heterocycles. The van der Waals surface area contributed by atoms with Crippen LogP contribution in [0.4, 0.5) is 0 Å². The summed E-state index contributed by atoms with van der Waals surface area (Å²) < 4.78 is 0.895. The predicted molar refractivity (Wildman–Crippen MR) is 67.7 cm³/mol. The highest BCUT2D eigenvalue weighted by Crippen LogP contribution is 2.48. The quantitative estimate of drug-likeness (QED) is 0.837. The van der Waals surface area contributed by atoms with Crippen LogP contribution in [-0.2, 0) is 0 Å². The summed E-state index contributed by atoms with van der Waals surface area (Å²) in [5, 5.41) is 3.47. The predicted octanol–water partition coefficient (Wildman–Crippen LogP) is 4.24. The topological polar surface area (TPSA) is 12.0 Å². The van der Waals surface area contributed by atoms with E-state index in [0.29, 0.717) is 11.5 Å². The molecule has 0 amide bonds. The Bertz CT molecular complexity index is 328. The van der Waals surface area contributed by atoms with Gasteiger partial charge in [-0.3, -0.25) is 0 Å². The minimum atomic E-state index is 0.420. The molecule has 1 aromatic rings. The molecule has 1 nitrogen and oxygen atoms in total. The van der Waals surface area contributed by atoms with Gasteiger partial charge in [0.1, 0.15) is 0 Å². The molecule has 0 aromatic carbocycles. The zero-order valence-corrected chi connectivity index (χ0v) is 10.9. The molecule has 0 saturated heterocycles. The lowest BCUT2D eigenvalue weighted by Gasteiger charge is -2.33. The molecule has 1 heterocycles. The lowest BCUT2D eigenvalue weighted by atomic mass is 9.80. The fourth-order valence-electron chi connectivity index (χ4n) is 2.79. The lowest BCUT2D eigenvalue weighted by Crippen LogP contribution is -2.31. The summed E-state index contributed by atoms with van der Waals surface area (Å²) in [5.74, 6) is 0. The molecule has 1 atom stereocenters. The van der Waals surface area contributed by atoms with Crippen molar-refractivity contribution < 1.29 is 0 Å². The molecule has 1 unspecified atom stereocenters. The van der Waals surface area contributed by atoms with Gasteiger partial charge in [0.2, 0.25) is 0 Å². The van der Waals surface area contributed by atoms with E-state index in [1.54, 1.807) is 11.3 Å². The van der Waals surface area contributed by atoms with Crippen LogP contribution in [-0.4, -0.2) is 7.05 Å². The van der Waals surface area contributed by atoms with Gasteiger partial charge in [0.25, 0.3) is 0 Å². The van der Waals surface area contributed by atoms with Crippen molar-refractivity contribution in [3.05, 3.63) is 21.3 Å². The van der Waals surface area contributed by atoms with E-state index in [9.17, 15) is 0 Å². The molecule has 0 bridgehead atoms. The van der Waals surface area contributed by atoms with E-state index in [0.717, 1.165) is 4.34 Å². The van der Waals surface area contributed by atoms with Gasteiger partial charge in [-0.2, -0.15) is 0 Å². The monoisotopic (exact) mass is 243 g/mol. The van der Waals surface area contributed by atoms with Crippen LogP contribution in [0, 0.1) is 5.41 Å². The third-order valence-corrected chi connectivity index (χ3v) is 4.91. The second-order valence-corrected chi connectivity index (χ2v) is 6.47. The molecule has 1 aliphatic rings. The van der Waals surface area contributed by atoms with Gasteiger partial charge in [-0.05, 0) is 37.4 Å². The second-order valence-electron chi connectivity index (χ2n) is 4.72. The third kappa shape index (κ3) is 2.22. The second kappa shape index (κ2) is 4.44. The first-order valence-corrected chi connectivity index (χ1v) is 6.78. The summed E-state index contributed by atoms with van der Waals surface area (Å²) in [6.07, 6.45) is 5.39. The van der Waals surface area contributed by atoms with Gasteiger partial charge in [-0.15, -0.1) is 11.3 Å². The van der Waals surface area contributed by atoms with E-state index in [1.807, 2.05) is 6.07 Å². The average molecular weight is 244 g/mol. The fraction of sp³-hybridized carbons (Fsp3) is 0.667. The van der Waals surface area contributed by atoms with Gasteiger partial charge >= 0.3 is 0 Å². The first-order valence-electron chi connectivity index (χ1n) is 5.58. The van der Waals surface area contributed by atoms with E-state index in [4.69, 9.17) is 11.6 Å². The van der Waals surface area contributed by atoms with Gasteiger partial charge < -0.3 is 5.32 Å². The van der Waals surface area contributed by atoms with Crippen LogP contribution in [0.2, 0.25) is 4.34 Å². The highest BCUT2D eigenvalue weighted by molar-refractivity contribution is 7.16. The smallest absolute Gasteiger partial charge is 0.0931 e. The van der Waals surface area contributed by atoms with Crippen molar-refractivity contribution in [1.29, 1.82) is 0 Å². The molecule has 1 aliphatic carbocycles. The van der Waals surface area contributed by atoms with Crippen molar-refractivity contribution >= 4 is 22.9 Å². The molecule has 1 N–H and O–H groups in total. The average Bonchev–Trinajstić information content (AvgIpc) is 2.78. The van der Waals surface area contributed by atoms with Crippen LogP contribution in [0.3, 0.4) is 0 Å². The van der Waals surface area contributed by atoms with Gasteiger partial charge in [-0.25, -0.2) is 0 Å². The van der Waals surface area contributed by atoms with Gasteiger partial charge in [0.05, 0.1) is 4.34 Å². The van der Waals surface area contributed by atoms with Gasteiger partial charge in [0, 0.05) is 10.9 Å². The zero-order valence-electron chi connectivity index (χ0n) is 9.35. The summed E-state index contributed by atoms with van der Waals surface area (Å²) in [6.45, 7) is 2.40. The molecule has 15 heavy (non-hydrogen) atoms. The highest BCUT2D eigenvalue weighted by atomic mass is 35.5. The van der Waals surface area contributed by atoms with Crippen LogP contribution in [0.25, 0.3) is 0 Å². The van der Waals surface area contributed by atoms with Gasteiger partial charge in [-0.1, -0.05) is 31.4 Å². The maximum absolute atomic E-state index is 6.00. The Balaban J connectivity index is 2.23. The molecular formula is C12H18ClNS. The minimum absolute atomic E-state index is 0.420. The van der Waals surface area contributed by atoms with Crippen molar-refractivity contribution in [1.82, 2.24) is 5.32 Å². The van der Waals surface area contributed by atoms with Crippen molar-refractivity contribution in [2.45, 2.75) is 38.6 Å². The zero-order chi connectivity index (χ0) is 10.9. The number of halogens is 1. The van der Waals surface area contributed by atoms with E-state index in [2.05, 4.69) is 25.4 Å². The Morgan fingerprint density at radius 1 is 1.40 bits per heavy atom. The maximum Gasteiger partial charge on any atom is 0.0931 e. The van der Waals surface area contributed by atoms with Crippen molar-refractivity contribution in [2.24, 2.45) is 5.41 Å². The molecule has 1 aromatic heterocycles. The first kappa shape index (κ1) is 11.4. The summed E-state index contributed by atoms with van der Waals surface area (Å²) in [4.78, 5) is 1.38. The Hall–Kier alpha value is -0.0500. The molecule has 84 valence electrons. The normalized spacial score (nSPS) is 21.8. The standard InChI is InChI=1S/C12H18ClNS/c1-12(7-3-4-8-12)11(14-2)9-5-6-10(13)15-9/h5-6,11,14H,3-4,7-8H2,1-2H3. The Kier molecular flexibility index (Phi) is 3.39. The van der Waals surface area contributed by atoms with Crippen molar-refractivity contribution in [2.75, 3.05) is 7.05 Å². The Morgan fingerprint density at radius 3 is 2.53 bits per heavy atom. The van der Waals surface area contributed by atoms with E-state index in [-0.39, 0.29) is 0 Å². The minimum Gasteiger partial charge on any atom is -0.312 e. The SMILES string of the molecule is CNC(c1ccc(Cl)s1)C1(C)CCCC1. The van der Waals surface area contributed by atoms with Crippen molar-refractivity contribution in [3.63, 3.8) is 0 Å². The number of thiophene rings is 1. The first-order chi connectivity index (χ1) is 7.15. The fourth-order valence-corrected chi connectivity index (χ4v) is 4.14.